The highest BCUT2D eigenvalue weighted by molar-refractivity contribution is 5.92. The van der Waals surface area contributed by atoms with Crippen LogP contribution in [0.2, 0.25) is 0 Å². The molecule has 0 unspecified atom stereocenters. The molecule has 0 aromatic heterocycles. The molecule has 0 saturated heterocycles. The topological polar surface area (TPSA) is 81.5 Å². The fourth-order valence-corrected chi connectivity index (χ4v) is 2.46. The van der Waals surface area contributed by atoms with E-state index in [1.54, 1.807) is 0 Å². The normalized spacial score (nSPS) is 10.2. The second-order valence-corrected chi connectivity index (χ2v) is 5.50. The average molecular weight is 348 g/mol. The van der Waals surface area contributed by atoms with Gasteiger partial charge < -0.3 is 10.1 Å². The SMILES string of the molecule is O=C(COc1ccccc1-c1ccccc1)Nc1ccc([N+](=O)[O-])cc1. The molecule has 6 heteroatoms. The van der Waals surface area contributed by atoms with Crippen LogP contribution in [0.4, 0.5) is 11.4 Å². The van der Waals surface area contributed by atoms with E-state index < -0.39 is 4.92 Å². The van der Waals surface area contributed by atoms with Gasteiger partial charge in [0, 0.05) is 23.4 Å². The summed E-state index contributed by atoms with van der Waals surface area (Å²) in [5, 5.41) is 13.3. The van der Waals surface area contributed by atoms with Crippen LogP contribution in [0.25, 0.3) is 11.1 Å². The zero-order valence-corrected chi connectivity index (χ0v) is 13.8. The van der Waals surface area contributed by atoms with Gasteiger partial charge in [0.2, 0.25) is 0 Å². The van der Waals surface area contributed by atoms with Crippen molar-refractivity contribution in [2.24, 2.45) is 0 Å². The maximum absolute atomic E-state index is 12.1. The van der Waals surface area contributed by atoms with Crippen LogP contribution in [0.3, 0.4) is 0 Å². The van der Waals surface area contributed by atoms with Crippen LogP contribution < -0.4 is 10.1 Å². The number of nitrogens with zero attached hydrogens (tertiary/aromatic N) is 1. The third-order valence-corrected chi connectivity index (χ3v) is 3.69. The van der Waals surface area contributed by atoms with Crippen LogP contribution in [0.15, 0.2) is 78.9 Å². The molecule has 0 atom stereocenters. The van der Waals surface area contributed by atoms with Gasteiger partial charge in [-0.15, -0.1) is 0 Å². The number of nitrogens with one attached hydrogen (secondary N) is 1. The number of hydrogen-bond donors (Lipinski definition) is 1. The Morgan fingerprint density at radius 1 is 0.923 bits per heavy atom. The standard InChI is InChI=1S/C20H16N2O4/c23-20(21-16-10-12-17(13-11-16)22(24)25)14-26-19-9-5-4-8-18(19)15-6-2-1-3-7-15/h1-13H,14H2,(H,21,23). The summed E-state index contributed by atoms with van der Waals surface area (Å²) in [6.45, 7) is -0.166. The molecule has 0 bridgehead atoms. The minimum Gasteiger partial charge on any atom is -0.483 e. The molecule has 0 spiro atoms. The molecule has 130 valence electrons. The first-order valence-corrected chi connectivity index (χ1v) is 7.95. The molecule has 3 rings (SSSR count). The van der Waals surface area contributed by atoms with Crippen molar-refractivity contribution in [1.29, 1.82) is 0 Å². The van der Waals surface area contributed by atoms with Gasteiger partial charge in [-0.05, 0) is 23.8 Å². The molecule has 26 heavy (non-hydrogen) atoms. The third-order valence-electron chi connectivity index (χ3n) is 3.69. The molecule has 3 aromatic rings. The van der Waals surface area contributed by atoms with Gasteiger partial charge >= 0.3 is 0 Å². The van der Waals surface area contributed by atoms with E-state index in [2.05, 4.69) is 5.32 Å². The first-order valence-electron chi connectivity index (χ1n) is 7.95. The lowest BCUT2D eigenvalue weighted by atomic mass is 10.1. The number of rotatable bonds is 6. The highest BCUT2D eigenvalue weighted by atomic mass is 16.6. The van der Waals surface area contributed by atoms with Gasteiger partial charge in [-0.1, -0.05) is 48.5 Å². The molecule has 0 aliphatic carbocycles. The van der Waals surface area contributed by atoms with Crippen LogP contribution >= 0.6 is 0 Å². The summed E-state index contributed by atoms with van der Waals surface area (Å²) >= 11 is 0. The number of carbonyl (C=O) groups excluding carboxylic acids is 1. The van der Waals surface area contributed by atoms with E-state index in [1.807, 2.05) is 54.6 Å². The van der Waals surface area contributed by atoms with E-state index in [0.717, 1.165) is 11.1 Å². The Kier molecular flexibility index (Phi) is 5.24. The molecule has 3 aromatic carbocycles. The molecule has 0 saturated carbocycles. The van der Waals surface area contributed by atoms with Gasteiger partial charge in [0.15, 0.2) is 6.61 Å². The number of amides is 1. The van der Waals surface area contributed by atoms with Crippen molar-refractivity contribution in [1.82, 2.24) is 0 Å². The summed E-state index contributed by atoms with van der Waals surface area (Å²) in [6.07, 6.45) is 0. The van der Waals surface area contributed by atoms with E-state index in [9.17, 15) is 14.9 Å². The van der Waals surface area contributed by atoms with E-state index in [4.69, 9.17) is 4.74 Å². The monoisotopic (exact) mass is 348 g/mol. The minimum atomic E-state index is -0.491. The fourth-order valence-electron chi connectivity index (χ4n) is 2.46. The molecule has 1 amide bonds. The molecule has 0 aliphatic heterocycles. The Balaban J connectivity index is 1.64. The third kappa shape index (κ3) is 4.24. The Morgan fingerprint density at radius 3 is 2.27 bits per heavy atom. The number of nitro groups is 1. The maximum Gasteiger partial charge on any atom is 0.269 e. The molecule has 0 aliphatic rings. The van der Waals surface area contributed by atoms with E-state index in [-0.39, 0.29) is 18.2 Å². The van der Waals surface area contributed by atoms with Gasteiger partial charge in [-0.3, -0.25) is 14.9 Å². The van der Waals surface area contributed by atoms with Gasteiger partial charge in [0.25, 0.3) is 11.6 Å². The van der Waals surface area contributed by atoms with Gasteiger partial charge in [-0.2, -0.15) is 0 Å². The highest BCUT2D eigenvalue weighted by Gasteiger charge is 2.09. The fraction of sp³-hybridized carbons (Fsp3) is 0.0500. The number of hydrogen-bond acceptors (Lipinski definition) is 4. The smallest absolute Gasteiger partial charge is 0.269 e. The average Bonchev–Trinajstić information content (AvgIpc) is 2.68. The van der Waals surface area contributed by atoms with Crippen LogP contribution in [-0.4, -0.2) is 17.4 Å². The van der Waals surface area contributed by atoms with E-state index >= 15 is 0 Å². The lowest BCUT2D eigenvalue weighted by molar-refractivity contribution is -0.384. The second kappa shape index (κ2) is 7.94. The van der Waals surface area contributed by atoms with Crippen molar-refractivity contribution in [3.8, 4) is 16.9 Å². The Bertz CT molecular complexity index is 909. The van der Waals surface area contributed by atoms with Crippen LogP contribution in [0, 0.1) is 10.1 Å². The summed E-state index contributed by atoms with van der Waals surface area (Å²) < 4.78 is 5.67. The van der Waals surface area contributed by atoms with Crippen molar-refractivity contribution in [2.75, 3.05) is 11.9 Å². The zero-order chi connectivity index (χ0) is 18.4. The lowest BCUT2D eigenvalue weighted by Crippen LogP contribution is -2.20. The molecule has 6 nitrogen and oxygen atoms in total. The van der Waals surface area contributed by atoms with Crippen LogP contribution in [0.5, 0.6) is 5.75 Å². The predicted molar refractivity (Wildman–Crippen MR) is 99.1 cm³/mol. The number of benzene rings is 3. The van der Waals surface area contributed by atoms with Gasteiger partial charge in [0.1, 0.15) is 5.75 Å². The molecule has 1 N–H and O–H groups in total. The summed E-state index contributed by atoms with van der Waals surface area (Å²) in [6, 6.07) is 22.9. The molecular weight excluding hydrogens is 332 g/mol. The van der Waals surface area contributed by atoms with Crippen molar-refractivity contribution >= 4 is 17.3 Å². The number of anilines is 1. The summed E-state index contributed by atoms with van der Waals surface area (Å²) in [5.41, 5.74) is 2.34. The van der Waals surface area contributed by atoms with Crippen molar-refractivity contribution in [3.05, 3.63) is 89.0 Å². The summed E-state index contributed by atoms with van der Waals surface area (Å²) in [5.74, 6) is 0.263. The first-order chi connectivity index (χ1) is 12.6. The molecule has 0 fully saturated rings. The lowest BCUT2D eigenvalue weighted by Gasteiger charge is -2.12. The van der Waals surface area contributed by atoms with Crippen LogP contribution in [-0.2, 0) is 4.79 Å². The number of para-hydroxylation sites is 1. The van der Waals surface area contributed by atoms with Crippen molar-refractivity contribution < 1.29 is 14.5 Å². The number of carbonyl (C=O) groups is 1. The number of nitro benzene ring substituents is 1. The molecule has 0 radical (unpaired) electrons. The van der Waals surface area contributed by atoms with Crippen LogP contribution in [0.1, 0.15) is 0 Å². The minimum absolute atomic E-state index is 0.0314. The zero-order valence-electron chi connectivity index (χ0n) is 13.8. The maximum atomic E-state index is 12.1. The Morgan fingerprint density at radius 2 is 1.58 bits per heavy atom. The Hall–Kier alpha value is -3.67. The summed E-state index contributed by atoms with van der Waals surface area (Å²) in [4.78, 5) is 22.2. The van der Waals surface area contributed by atoms with Crippen molar-refractivity contribution in [3.63, 3.8) is 0 Å². The summed E-state index contributed by atoms with van der Waals surface area (Å²) in [7, 11) is 0. The molecule has 0 heterocycles. The quantitative estimate of drug-likeness (QED) is 0.532. The second-order valence-electron chi connectivity index (χ2n) is 5.50. The van der Waals surface area contributed by atoms with Gasteiger partial charge in [0.05, 0.1) is 4.92 Å². The van der Waals surface area contributed by atoms with E-state index in [1.165, 1.54) is 24.3 Å². The predicted octanol–water partition coefficient (Wildman–Crippen LogP) is 4.28. The number of non-ortho nitro benzene ring substituents is 1. The van der Waals surface area contributed by atoms with Crippen molar-refractivity contribution in [2.45, 2.75) is 0 Å². The molecular formula is C20H16N2O4. The highest BCUT2D eigenvalue weighted by Crippen LogP contribution is 2.29. The Labute approximate surface area is 150 Å². The largest absolute Gasteiger partial charge is 0.483 e. The number of ether oxygens (including phenoxy) is 1. The first kappa shape index (κ1) is 17.2. The van der Waals surface area contributed by atoms with Gasteiger partial charge in [-0.25, -0.2) is 0 Å². The van der Waals surface area contributed by atoms with E-state index in [0.29, 0.717) is 11.4 Å².